The lowest BCUT2D eigenvalue weighted by atomic mass is 10.1. The van der Waals surface area contributed by atoms with E-state index in [9.17, 15) is 39.3 Å². The SMILES string of the molecule is CC(F)(F)C(F)(F)C(F)(F)S(=O)(=O)[O-].CCCCOc1ccc([S+]2CCCC2)c2ccccc12. The van der Waals surface area contributed by atoms with Crippen LogP contribution >= 0.6 is 0 Å². The third kappa shape index (κ3) is 6.12. The molecular weight excluding hydrogens is 506 g/mol. The Bertz CT molecular complexity index is 1060. The second-order valence-corrected chi connectivity index (χ2v) is 11.5. The highest BCUT2D eigenvalue weighted by Crippen LogP contribution is 2.47. The van der Waals surface area contributed by atoms with Crippen molar-refractivity contribution in [2.24, 2.45) is 0 Å². The van der Waals surface area contributed by atoms with E-state index in [0.29, 0.717) is 10.9 Å². The van der Waals surface area contributed by atoms with Crippen LogP contribution in [0.15, 0.2) is 41.3 Å². The molecule has 0 atom stereocenters. The zero-order chi connectivity index (χ0) is 25.8. The van der Waals surface area contributed by atoms with Gasteiger partial charge in [0.05, 0.1) is 6.61 Å². The molecule has 0 saturated carbocycles. The first-order valence-electron chi connectivity index (χ1n) is 10.6. The summed E-state index contributed by atoms with van der Waals surface area (Å²) in [6.07, 6.45) is 5.10. The first-order valence-corrected chi connectivity index (χ1v) is 13.5. The molecule has 1 heterocycles. The van der Waals surface area contributed by atoms with Crippen molar-refractivity contribution in [2.75, 3.05) is 18.1 Å². The molecule has 1 saturated heterocycles. The molecule has 3 rings (SSSR count). The molecule has 12 heteroatoms. The van der Waals surface area contributed by atoms with Crippen molar-refractivity contribution in [3.63, 3.8) is 0 Å². The normalized spacial score (nSPS) is 15.8. The van der Waals surface area contributed by atoms with Crippen molar-refractivity contribution in [3.05, 3.63) is 36.4 Å². The van der Waals surface area contributed by atoms with Crippen LogP contribution in [0.1, 0.15) is 39.5 Å². The molecule has 0 aliphatic carbocycles. The summed E-state index contributed by atoms with van der Waals surface area (Å²) in [5.74, 6) is -7.77. The fourth-order valence-corrected chi connectivity index (χ4v) is 6.23. The summed E-state index contributed by atoms with van der Waals surface area (Å²) in [4.78, 5) is 1.56. The number of halogens is 6. The molecule has 2 aromatic rings. The molecule has 192 valence electrons. The fourth-order valence-electron chi connectivity index (χ4n) is 3.23. The Balaban J connectivity index is 0.000000259. The van der Waals surface area contributed by atoms with E-state index in [1.807, 2.05) is 0 Å². The van der Waals surface area contributed by atoms with Gasteiger partial charge in [-0.15, -0.1) is 0 Å². The molecule has 0 aromatic heterocycles. The Morgan fingerprint density at radius 1 is 0.971 bits per heavy atom. The molecule has 0 bridgehead atoms. The third-order valence-electron chi connectivity index (χ3n) is 5.17. The van der Waals surface area contributed by atoms with Crippen LogP contribution in [0.25, 0.3) is 10.8 Å². The molecule has 0 radical (unpaired) electrons. The molecule has 0 N–H and O–H groups in total. The van der Waals surface area contributed by atoms with Gasteiger partial charge in [-0.05, 0) is 37.5 Å². The van der Waals surface area contributed by atoms with Crippen molar-refractivity contribution in [3.8, 4) is 5.75 Å². The molecule has 1 aliphatic heterocycles. The van der Waals surface area contributed by atoms with Gasteiger partial charge in [0.25, 0.3) is 0 Å². The smallest absolute Gasteiger partial charge is 0.402 e. The van der Waals surface area contributed by atoms with E-state index in [0.717, 1.165) is 18.8 Å². The van der Waals surface area contributed by atoms with E-state index in [1.54, 1.807) is 4.90 Å². The highest BCUT2D eigenvalue weighted by Gasteiger charge is 2.72. The van der Waals surface area contributed by atoms with Gasteiger partial charge in [-0.2, -0.15) is 26.3 Å². The van der Waals surface area contributed by atoms with E-state index >= 15 is 0 Å². The van der Waals surface area contributed by atoms with Crippen molar-refractivity contribution >= 4 is 31.8 Å². The summed E-state index contributed by atoms with van der Waals surface area (Å²) in [6, 6.07) is 13.3. The predicted molar refractivity (Wildman–Crippen MR) is 119 cm³/mol. The number of ether oxygens (including phenoxy) is 1. The summed E-state index contributed by atoms with van der Waals surface area (Å²) in [5.41, 5.74) is 0. The van der Waals surface area contributed by atoms with Gasteiger partial charge < -0.3 is 9.29 Å². The van der Waals surface area contributed by atoms with Gasteiger partial charge in [0, 0.05) is 28.6 Å². The van der Waals surface area contributed by atoms with Crippen LogP contribution in [0.3, 0.4) is 0 Å². The summed E-state index contributed by atoms with van der Waals surface area (Å²) in [7, 11) is -6.39. The van der Waals surface area contributed by atoms with Gasteiger partial charge in [-0.3, -0.25) is 0 Å². The van der Waals surface area contributed by atoms with Crippen LogP contribution in [-0.4, -0.2) is 48.2 Å². The van der Waals surface area contributed by atoms with Crippen molar-refractivity contribution < 1.29 is 44.0 Å². The van der Waals surface area contributed by atoms with Crippen molar-refractivity contribution in [1.82, 2.24) is 0 Å². The van der Waals surface area contributed by atoms with E-state index in [2.05, 4.69) is 43.3 Å². The molecule has 1 fully saturated rings. The highest BCUT2D eigenvalue weighted by molar-refractivity contribution is 7.97. The Kier molecular flexibility index (Phi) is 9.20. The van der Waals surface area contributed by atoms with Crippen LogP contribution in [0.2, 0.25) is 0 Å². The van der Waals surface area contributed by atoms with Gasteiger partial charge in [0.1, 0.15) is 17.3 Å². The first kappa shape index (κ1) is 28.6. The maximum absolute atomic E-state index is 12.1. The minimum absolute atomic E-state index is 0.464. The molecule has 4 nitrogen and oxygen atoms in total. The average Bonchev–Trinajstić information content (AvgIpc) is 3.27. The van der Waals surface area contributed by atoms with Crippen LogP contribution in [0.4, 0.5) is 26.3 Å². The van der Waals surface area contributed by atoms with E-state index < -0.39 is 34.1 Å². The lowest BCUT2D eigenvalue weighted by Crippen LogP contribution is -2.56. The predicted octanol–water partition coefficient (Wildman–Crippen LogP) is 6.20. The maximum Gasteiger partial charge on any atom is 0.402 e. The maximum atomic E-state index is 12.1. The lowest BCUT2D eigenvalue weighted by molar-refractivity contribution is -0.273. The molecule has 34 heavy (non-hydrogen) atoms. The topological polar surface area (TPSA) is 66.4 Å². The number of fused-ring (bicyclic) bond motifs is 1. The van der Waals surface area contributed by atoms with Gasteiger partial charge >= 0.3 is 17.1 Å². The van der Waals surface area contributed by atoms with Crippen molar-refractivity contribution in [1.29, 1.82) is 0 Å². The Morgan fingerprint density at radius 3 is 2.00 bits per heavy atom. The Labute approximate surface area is 197 Å². The molecule has 0 amide bonds. The van der Waals surface area contributed by atoms with E-state index in [4.69, 9.17) is 4.74 Å². The summed E-state index contributed by atoms with van der Waals surface area (Å²) in [6.45, 7) is 2.41. The molecule has 1 aliphatic rings. The summed E-state index contributed by atoms with van der Waals surface area (Å²) < 4.78 is 107. The van der Waals surface area contributed by atoms with E-state index in [1.165, 1.54) is 41.5 Å². The standard InChI is InChI=1S/C18H23OS.C4H4F6O3S/c1-2-3-12-19-17-10-11-18(20-13-6-7-14-20)16-9-5-4-8-15(16)17;1-2(5,6)3(7,8)4(9,10)14(11,12)13/h4-5,8-11H,2-3,6-7,12-14H2,1H3;1H3,(H,11,12,13)/q+1;/p-1. The monoisotopic (exact) mass is 532 g/mol. The van der Waals surface area contributed by atoms with Gasteiger partial charge in [0.15, 0.2) is 15.0 Å². The fraction of sp³-hybridized carbons (Fsp3) is 0.545. The lowest BCUT2D eigenvalue weighted by Gasteiger charge is -2.31. The second-order valence-electron chi connectivity index (χ2n) is 7.85. The second kappa shape index (κ2) is 10.9. The average molecular weight is 533 g/mol. The number of benzene rings is 2. The number of unbranched alkanes of at least 4 members (excludes halogenated alkanes) is 1. The number of alkyl halides is 6. The minimum atomic E-state index is -6.86. The molecular formula is C22H26F6O4S2. The number of rotatable bonds is 8. The molecule has 0 spiro atoms. The minimum Gasteiger partial charge on any atom is -0.743 e. The number of hydrogen-bond donors (Lipinski definition) is 0. The largest absolute Gasteiger partial charge is 0.743 e. The molecule has 2 aromatic carbocycles. The summed E-state index contributed by atoms with van der Waals surface area (Å²) in [5, 5.41) is -3.65. The zero-order valence-corrected chi connectivity index (χ0v) is 20.3. The first-order chi connectivity index (χ1) is 15.6. The van der Waals surface area contributed by atoms with E-state index in [-0.39, 0.29) is 0 Å². The Morgan fingerprint density at radius 2 is 1.53 bits per heavy atom. The highest BCUT2D eigenvalue weighted by atomic mass is 32.2. The summed E-state index contributed by atoms with van der Waals surface area (Å²) >= 11 is 0. The van der Waals surface area contributed by atoms with Crippen LogP contribution in [0.5, 0.6) is 5.75 Å². The van der Waals surface area contributed by atoms with Crippen molar-refractivity contribution in [2.45, 2.75) is 61.5 Å². The van der Waals surface area contributed by atoms with Gasteiger partial charge in [0.2, 0.25) is 0 Å². The molecule has 0 unspecified atom stereocenters. The van der Waals surface area contributed by atoms with Crippen LogP contribution < -0.4 is 4.74 Å². The van der Waals surface area contributed by atoms with Gasteiger partial charge in [-0.1, -0.05) is 31.5 Å². The third-order valence-corrected chi connectivity index (χ3v) is 8.60. The van der Waals surface area contributed by atoms with Crippen LogP contribution in [-0.2, 0) is 21.0 Å². The Hall–Kier alpha value is -1.66. The number of hydrogen-bond acceptors (Lipinski definition) is 4. The quantitative estimate of drug-likeness (QED) is 0.176. The zero-order valence-electron chi connectivity index (χ0n) is 18.6. The van der Waals surface area contributed by atoms with Crippen LogP contribution in [0, 0.1) is 0 Å². The van der Waals surface area contributed by atoms with Gasteiger partial charge in [-0.25, -0.2) is 8.42 Å².